The lowest BCUT2D eigenvalue weighted by Gasteiger charge is -2.46. The van der Waals surface area contributed by atoms with E-state index in [4.69, 9.17) is 4.74 Å². The van der Waals surface area contributed by atoms with Crippen LogP contribution in [-0.2, 0) is 62.3 Å². The molecule has 25 nitrogen and oxygen atoms in total. The van der Waals surface area contributed by atoms with Crippen molar-refractivity contribution in [2.75, 3.05) is 89.2 Å². The van der Waals surface area contributed by atoms with Crippen molar-refractivity contribution in [2.45, 2.75) is 266 Å². The first-order valence-electron chi connectivity index (χ1n) is 39.2. The highest BCUT2D eigenvalue weighted by Crippen LogP contribution is 2.46. The number of amides is 12. The Kier molecular flexibility index (Phi) is 30.0. The summed E-state index contributed by atoms with van der Waals surface area (Å²) in [5, 5.41) is 8.47. The van der Waals surface area contributed by atoms with Crippen molar-refractivity contribution >= 4 is 70.9 Å². The number of carbonyl (C=O) groups excluding carboxylic acids is 12. The van der Waals surface area contributed by atoms with Gasteiger partial charge in [0.25, 0.3) is 0 Å². The lowest BCUT2D eigenvalue weighted by molar-refractivity contribution is -0.219. The van der Waals surface area contributed by atoms with Crippen molar-refractivity contribution in [3.63, 3.8) is 0 Å². The van der Waals surface area contributed by atoms with E-state index >= 15 is 47.1 Å². The molecule has 8 aliphatic rings. The Balaban J connectivity index is 1.20. The summed E-state index contributed by atoms with van der Waals surface area (Å²) in [7, 11) is 11.0. The predicted molar refractivity (Wildman–Crippen MR) is 384 cm³/mol. The zero-order valence-corrected chi connectivity index (χ0v) is 65.1. The third-order valence-electron chi connectivity index (χ3n) is 25.0. The number of alkyl halides is 8. The largest absolute Gasteiger partial charge is 0.397 e. The van der Waals surface area contributed by atoms with Crippen LogP contribution in [-0.4, -0.2) is 289 Å². The molecule has 5 saturated carbocycles. The van der Waals surface area contributed by atoms with Crippen molar-refractivity contribution < 1.29 is 97.4 Å². The minimum Gasteiger partial charge on any atom is -0.377 e. The van der Waals surface area contributed by atoms with E-state index in [1.165, 1.54) is 76.0 Å². The second-order valence-electron chi connectivity index (χ2n) is 32.6. The topological polar surface area (TPSA) is 279 Å². The van der Waals surface area contributed by atoms with Gasteiger partial charge in [-0.2, -0.15) is 26.3 Å². The van der Waals surface area contributed by atoms with E-state index in [2.05, 4.69) is 16.0 Å². The van der Waals surface area contributed by atoms with E-state index in [-0.39, 0.29) is 103 Å². The third kappa shape index (κ3) is 20.9. The fraction of sp³-hybridized carbons (Fsp3) is 0.816. The molecule has 2 bridgehead atoms. The highest BCUT2D eigenvalue weighted by Gasteiger charge is 2.56. The molecule has 3 N–H and O–H groups in total. The number of hydrogen-bond acceptors (Lipinski definition) is 13. The molecule has 2 saturated heterocycles. The molecule has 0 aromatic carbocycles. The van der Waals surface area contributed by atoms with Gasteiger partial charge in [0.1, 0.15) is 72.1 Å². The Morgan fingerprint density at radius 3 is 1.79 bits per heavy atom. The number of hydrogen-bond donors (Lipinski definition) is 3. The first-order valence-corrected chi connectivity index (χ1v) is 39.2. The molecule has 2 unspecified atom stereocenters. The lowest BCUT2D eigenvalue weighted by atomic mass is 9.74. The van der Waals surface area contributed by atoms with E-state index in [1.54, 1.807) is 32.9 Å². The summed E-state index contributed by atoms with van der Waals surface area (Å²) in [6, 6.07) is -11.3. The normalized spacial score (nSPS) is 32.5. The van der Waals surface area contributed by atoms with Crippen molar-refractivity contribution in [3.05, 3.63) is 12.2 Å². The average molecular weight is 1560 g/mol. The number of rotatable bonds is 13. The van der Waals surface area contributed by atoms with Crippen LogP contribution in [0, 0.1) is 41.4 Å². The first-order chi connectivity index (χ1) is 51.2. The highest BCUT2D eigenvalue weighted by molar-refractivity contribution is 6.01. The molecule has 0 aromatic rings. The maximum Gasteiger partial charge on any atom is 0.397 e. The van der Waals surface area contributed by atoms with Crippen molar-refractivity contribution in [1.29, 1.82) is 0 Å². The Labute approximate surface area is 634 Å². The number of nitrogens with zero attached hydrogens (tertiary/aromatic N) is 9. The van der Waals surface area contributed by atoms with Gasteiger partial charge in [-0.3, -0.25) is 57.5 Å². The molecule has 109 heavy (non-hydrogen) atoms. The number of fused-ring (bicyclic) bond motifs is 3. The highest BCUT2D eigenvalue weighted by atomic mass is 19.4. The standard InChI is InChI=1S/C76H116F8N12O13/c1-12-44(3)63-71(106)90(7)43-61(99)91(8)54-25-15-14-18-34-95(70(54)105)58(38-46-26-29-49(30-27-46)75(79,80)81)69(104)89(6)42-59(97)85-53(31-28-47-35-51(77)62(52(78)36-47)76(82,83)84)67(102)96-41-50(109-13-2)39-56(96)66(101)87-74(32-20-33-74)73(108)94(11)64(48-23-16-17-24-48)72(107)93(10)57(68(103)88(4)5)40-60(98)92(9)55(65(100)86-63)37-45-21-19-22-45/h14-15,44-58,62-64H,12-13,16-43H2,1-11H3,(H,85,97)(H,86,100)(H,87,101)/b15-14-/t44-,46?,47?,49?,50+,51?,52?,53-,54-,55-,56-,57-,58-,62?,63-,64-/m0/s1. The van der Waals surface area contributed by atoms with E-state index < -0.39 is 230 Å². The third-order valence-corrected chi connectivity index (χ3v) is 25.0. The number of ether oxygens (including phenoxy) is 1. The summed E-state index contributed by atoms with van der Waals surface area (Å²) in [5.41, 5.74) is -1.69. The summed E-state index contributed by atoms with van der Waals surface area (Å²) < 4.78 is 121. The van der Waals surface area contributed by atoms with Gasteiger partial charge >= 0.3 is 12.4 Å². The number of likely N-dealkylation sites (N-methyl/N-ethyl adjacent to an activating group) is 7. The van der Waals surface area contributed by atoms with Crippen molar-refractivity contribution in [2.24, 2.45) is 41.4 Å². The first kappa shape index (κ1) is 87.4. The van der Waals surface area contributed by atoms with Crippen LogP contribution in [0.3, 0.4) is 0 Å². The van der Waals surface area contributed by atoms with Gasteiger partial charge in [-0.25, -0.2) is 8.78 Å². The van der Waals surface area contributed by atoms with Crippen molar-refractivity contribution in [3.8, 4) is 0 Å². The molecule has 3 heterocycles. The van der Waals surface area contributed by atoms with Gasteiger partial charge < -0.3 is 64.8 Å². The van der Waals surface area contributed by atoms with Gasteiger partial charge in [-0.05, 0) is 146 Å². The van der Waals surface area contributed by atoms with Gasteiger partial charge in [-0.15, -0.1) is 0 Å². The fourth-order valence-electron chi connectivity index (χ4n) is 17.6. The van der Waals surface area contributed by atoms with Crippen LogP contribution in [0.5, 0.6) is 0 Å². The summed E-state index contributed by atoms with van der Waals surface area (Å²) >= 11 is 0. The second-order valence-corrected chi connectivity index (χ2v) is 32.6. The minimum absolute atomic E-state index is 0.00230. The molecule has 1 spiro atoms. The molecule has 614 valence electrons. The van der Waals surface area contributed by atoms with Crippen LogP contribution in [0.25, 0.3) is 0 Å². The van der Waals surface area contributed by atoms with Gasteiger partial charge in [0.05, 0.1) is 31.5 Å². The maximum absolute atomic E-state index is 15.6. The van der Waals surface area contributed by atoms with Gasteiger partial charge in [0.2, 0.25) is 70.9 Å². The number of nitrogens with one attached hydrogen (secondary N) is 3. The van der Waals surface area contributed by atoms with E-state index in [0.29, 0.717) is 38.5 Å². The number of halogens is 8. The molecule has 5 aliphatic carbocycles. The fourth-order valence-corrected chi connectivity index (χ4v) is 17.6. The molecule has 33 heteroatoms. The van der Waals surface area contributed by atoms with E-state index in [0.717, 1.165) is 43.8 Å². The quantitative estimate of drug-likeness (QED) is 0.131. The van der Waals surface area contributed by atoms with Crippen LogP contribution in [0.1, 0.15) is 181 Å². The summed E-state index contributed by atoms with van der Waals surface area (Å²) in [4.78, 5) is 192. The average Bonchev–Trinajstić information content (AvgIpc) is 1.75. The molecule has 8 rings (SSSR count). The Hall–Kier alpha value is -7.22. The SMILES string of the molecule is CCO[C@@H]1C[C@H]2C(=O)NC3(CCC3)C(=O)N(C)[C@@H](C3CCCC3)C(=O)N(C)[C@H](C(=O)N(C)C)CC(=O)N(C)[C@@H](CC3CCC3)C(=O)N[C@@H]([C@@H](C)CC)C(=O)N(C)CC(=O)N(C)[C@H]3C/C=C\CCN(C3=O)[C@@H](CC3CCC(C(F)(F)F)CC3)C(=O)N(C)CC(=O)N[C@@H](CCC3CC(F)C(C(F)(F)F)C(F)C3)C(=O)N2C1. The molecule has 12 amide bonds. The van der Waals surface area contributed by atoms with Crippen LogP contribution in [0.15, 0.2) is 12.2 Å². The molecule has 3 aliphatic heterocycles. The predicted octanol–water partition coefficient (Wildman–Crippen LogP) is 6.50. The van der Waals surface area contributed by atoms with Crippen LogP contribution < -0.4 is 16.0 Å². The second kappa shape index (κ2) is 37.4. The zero-order chi connectivity index (χ0) is 80.5. The smallest absolute Gasteiger partial charge is 0.377 e. The minimum atomic E-state index is -5.22. The lowest BCUT2D eigenvalue weighted by Crippen LogP contribution is -2.68. The van der Waals surface area contributed by atoms with Crippen molar-refractivity contribution in [1.82, 2.24) is 60.0 Å². The maximum atomic E-state index is 15.6. The molecule has 0 radical (unpaired) electrons. The van der Waals surface area contributed by atoms with E-state index in [1.807, 2.05) is 0 Å². The zero-order valence-electron chi connectivity index (χ0n) is 65.1. The Bertz CT molecular complexity index is 3280. The molecular weight excluding hydrogens is 1440 g/mol. The van der Waals surface area contributed by atoms with Gasteiger partial charge in [0.15, 0.2) is 0 Å². The number of carbonyl (C=O) groups is 12. The molecule has 12 atom stereocenters. The molecule has 0 aromatic heterocycles. The van der Waals surface area contributed by atoms with E-state index in [9.17, 15) is 45.5 Å². The summed E-state index contributed by atoms with van der Waals surface area (Å²) in [6.07, 6.45) is -10.7. The van der Waals surface area contributed by atoms with Crippen LogP contribution >= 0.6 is 0 Å². The van der Waals surface area contributed by atoms with Gasteiger partial charge in [-0.1, -0.05) is 64.5 Å². The van der Waals surface area contributed by atoms with Crippen LogP contribution in [0.2, 0.25) is 0 Å². The van der Waals surface area contributed by atoms with Gasteiger partial charge in [0, 0.05) is 82.5 Å². The summed E-state index contributed by atoms with van der Waals surface area (Å²) in [6.45, 7) is 3.29. The molecule has 7 fully saturated rings. The monoisotopic (exact) mass is 1560 g/mol. The van der Waals surface area contributed by atoms with Crippen LogP contribution in [0.4, 0.5) is 35.1 Å². The molecular formula is C76H116F8N12O13. The Morgan fingerprint density at radius 2 is 1.23 bits per heavy atom. The Morgan fingerprint density at radius 1 is 0.615 bits per heavy atom. The summed E-state index contributed by atoms with van der Waals surface area (Å²) in [5.74, 6) is -16.6.